The summed E-state index contributed by atoms with van der Waals surface area (Å²) in [5.74, 6) is 0.462. The number of carbonyl (C=O) groups is 1. The van der Waals surface area contributed by atoms with Gasteiger partial charge in [0, 0.05) is 23.2 Å². The van der Waals surface area contributed by atoms with E-state index in [2.05, 4.69) is 40.3 Å². The molecule has 0 bridgehead atoms. The molecule has 23 heavy (non-hydrogen) atoms. The average molecular weight is 322 g/mol. The van der Waals surface area contributed by atoms with Crippen molar-refractivity contribution in [2.75, 3.05) is 0 Å². The average Bonchev–Trinajstić information content (AvgIpc) is 3.23. The molecule has 0 aliphatic heterocycles. The summed E-state index contributed by atoms with van der Waals surface area (Å²) in [7, 11) is 0. The minimum Gasteiger partial charge on any atom is -0.335 e. The predicted octanol–water partition coefficient (Wildman–Crippen LogP) is 4.26. The van der Waals surface area contributed by atoms with Gasteiger partial charge in [0.1, 0.15) is 0 Å². The van der Waals surface area contributed by atoms with E-state index in [0.717, 1.165) is 6.42 Å². The van der Waals surface area contributed by atoms with E-state index in [0.29, 0.717) is 12.5 Å². The molecule has 2 amide bonds. The van der Waals surface area contributed by atoms with Gasteiger partial charge in [-0.05, 0) is 34.4 Å². The number of fused-ring (bicyclic) bond motifs is 1. The Bertz CT molecular complexity index is 828. The largest absolute Gasteiger partial charge is 0.335 e. The fourth-order valence-electron chi connectivity index (χ4n) is 2.99. The fourth-order valence-corrected chi connectivity index (χ4v) is 3.95. The lowest BCUT2D eigenvalue weighted by molar-refractivity contribution is 0.240. The number of hydrogen-bond acceptors (Lipinski definition) is 2. The number of benzene rings is 2. The maximum Gasteiger partial charge on any atom is 0.315 e. The lowest BCUT2D eigenvalue weighted by atomic mass is 10.1. The quantitative estimate of drug-likeness (QED) is 0.740. The summed E-state index contributed by atoms with van der Waals surface area (Å²) in [6.07, 6.45) is 1.03. The molecule has 1 aliphatic carbocycles. The van der Waals surface area contributed by atoms with Crippen molar-refractivity contribution in [1.29, 1.82) is 0 Å². The second-order valence-corrected chi connectivity index (χ2v) is 6.85. The van der Waals surface area contributed by atoms with E-state index in [-0.39, 0.29) is 12.1 Å². The first kappa shape index (κ1) is 14.3. The van der Waals surface area contributed by atoms with Crippen molar-refractivity contribution in [3.63, 3.8) is 0 Å². The van der Waals surface area contributed by atoms with Crippen LogP contribution in [0.15, 0.2) is 60.0 Å². The van der Waals surface area contributed by atoms with Gasteiger partial charge in [0.05, 0.1) is 0 Å². The van der Waals surface area contributed by atoms with E-state index in [1.54, 1.807) is 11.3 Å². The van der Waals surface area contributed by atoms with Crippen LogP contribution in [-0.4, -0.2) is 12.1 Å². The highest BCUT2D eigenvalue weighted by Crippen LogP contribution is 2.40. The van der Waals surface area contributed by atoms with Gasteiger partial charge in [-0.15, -0.1) is 11.3 Å². The van der Waals surface area contributed by atoms with Crippen molar-refractivity contribution in [3.05, 3.63) is 71.1 Å². The molecule has 2 aromatic carbocycles. The van der Waals surface area contributed by atoms with Gasteiger partial charge in [-0.25, -0.2) is 4.79 Å². The van der Waals surface area contributed by atoms with Crippen LogP contribution < -0.4 is 10.6 Å². The third-order valence-electron chi connectivity index (χ3n) is 4.34. The molecular weight excluding hydrogens is 304 g/mol. The number of nitrogens with one attached hydrogen (secondary N) is 2. The van der Waals surface area contributed by atoms with Crippen LogP contribution in [0.2, 0.25) is 0 Å². The monoisotopic (exact) mass is 322 g/mol. The number of amides is 2. The van der Waals surface area contributed by atoms with E-state index in [1.165, 1.54) is 21.2 Å². The smallest absolute Gasteiger partial charge is 0.315 e. The SMILES string of the molecule is O=C(NCc1csc2ccccc12)N[C@@H]1C[C@H]1c1ccccc1. The molecule has 4 rings (SSSR count). The summed E-state index contributed by atoms with van der Waals surface area (Å²) in [6, 6.07) is 18.8. The second kappa shape index (κ2) is 6.05. The van der Waals surface area contributed by atoms with Gasteiger partial charge < -0.3 is 10.6 Å². The number of hydrogen-bond donors (Lipinski definition) is 2. The molecule has 0 saturated heterocycles. The molecule has 0 spiro atoms. The van der Waals surface area contributed by atoms with Gasteiger partial charge in [-0.3, -0.25) is 0 Å². The topological polar surface area (TPSA) is 41.1 Å². The Morgan fingerprint density at radius 2 is 1.87 bits per heavy atom. The molecule has 0 radical (unpaired) electrons. The molecule has 2 atom stereocenters. The highest BCUT2D eigenvalue weighted by atomic mass is 32.1. The lowest BCUT2D eigenvalue weighted by Crippen LogP contribution is -2.36. The summed E-state index contributed by atoms with van der Waals surface area (Å²) in [5, 5.41) is 9.39. The van der Waals surface area contributed by atoms with Crippen molar-refractivity contribution in [1.82, 2.24) is 10.6 Å². The van der Waals surface area contributed by atoms with Crippen LogP contribution in [-0.2, 0) is 6.54 Å². The molecule has 1 fully saturated rings. The van der Waals surface area contributed by atoms with Crippen molar-refractivity contribution >= 4 is 27.5 Å². The van der Waals surface area contributed by atoms with Gasteiger partial charge >= 0.3 is 6.03 Å². The third kappa shape index (κ3) is 3.08. The second-order valence-electron chi connectivity index (χ2n) is 5.94. The molecule has 1 saturated carbocycles. The number of thiophene rings is 1. The third-order valence-corrected chi connectivity index (χ3v) is 5.35. The Balaban J connectivity index is 1.31. The van der Waals surface area contributed by atoms with Crippen molar-refractivity contribution in [2.24, 2.45) is 0 Å². The first-order chi connectivity index (χ1) is 11.3. The first-order valence-electron chi connectivity index (χ1n) is 7.85. The molecule has 3 nitrogen and oxygen atoms in total. The van der Waals surface area contributed by atoms with Crippen LogP contribution in [0.25, 0.3) is 10.1 Å². The first-order valence-corrected chi connectivity index (χ1v) is 8.73. The molecule has 116 valence electrons. The Hall–Kier alpha value is -2.33. The zero-order chi connectivity index (χ0) is 15.6. The minimum absolute atomic E-state index is 0.0799. The van der Waals surface area contributed by atoms with Crippen LogP contribution in [0, 0.1) is 0 Å². The van der Waals surface area contributed by atoms with Gasteiger partial charge in [0.2, 0.25) is 0 Å². The molecule has 3 aromatic rings. The van der Waals surface area contributed by atoms with Crippen LogP contribution in [0.5, 0.6) is 0 Å². The molecule has 1 heterocycles. The fraction of sp³-hybridized carbons (Fsp3) is 0.211. The molecule has 0 unspecified atom stereocenters. The molecule has 4 heteroatoms. The van der Waals surface area contributed by atoms with Gasteiger partial charge in [-0.1, -0.05) is 48.5 Å². The molecular formula is C19H18N2OS. The highest BCUT2D eigenvalue weighted by Gasteiger charge is 2.39. The normalized spacial score (nSPS) is 19.5. The van der Waals surface area contributed by atoms with E-state index >= 15 is 0 Å². The highest BCUT2D eigenvalue weighted by molar-refractivity contribution is 7.17. The van der Waals surface area contributed by atoms with E-state index in [4.69, 9.17) is 0 Å². The summed E-state index contributed by atoms with van der Waals surface area (Å²) < 4.78 is 1.26. The van der Waals surface area contributed by atoms with Gasteiger partial charge in [-0.2, -0.15) is 0 Å². The molecule has 1 aromatic heterocycles. The summed E-state index contributed by atoms with van der Waals surface area (Å²) >= 11 is 1.72. The van der Waals surface area contributed by atoms with Crippen molar-refractivity contribution in [3.8, 4) is 0 Å². The van der Waals surface area contributed by atoms with Crippen molar-refractivity contribution in [2.45, 2.75) is 24.9 Å². The standard InChI is InChI=1S/C19H18N2OS/c22-19(21-17-10-16(17)13-6-2-1-3-7-13)20-11-14-12-23-18-9-5-4-8-15(14)18/h1-9,12,16-17H,10-11H2,(H2,20,21,22)/t16-,17+/m0/s1. The maximum absolute atomic E-state index is 12.1. The van der Waals surface area contributed by atoms with Crippen LogP contribution in [0.1, 0.15) is 23.5 Å². The van der Waals surface area contributed by atoms with Crippen LogP contribution in [0.4, 0.5) is 4.79 Å². The molecule has 1 aliphatic rings. The minimum atomic E-state index is -0.0799. The Kier molecular flexibility index (Phi) is 3.75. The Morgan fingerprint density at radius 3 is 2.74 bits per heavy atom. The van der Waals surface area contributed by atoms with E-state index in [1.807, 2.05) is 30.3 Å². The van der Waals surface area contributed by atoms with E-state index in [9.17, 15) is 4.79 Å². The number of rotatable bonds is 4. The van der Waals surface area contributed by atoms with Crippen molar-refractivity contribution < 1.29 is 4.79 Å². The zero-order valence-corrected chi connectivity index (χ0v) is 13.5. The molecule has 2 N–H and O–H groups in total. The zero-order valence-electron chi connectivity index (χ0n) is 12.7. The van der Waals surface area contributed by atoms with Crippen LogP contribution >= 0.6 is 11.3 Å². The number of urea groups is 1. The number of carbonyl (C=O) groups excluding carboxylic acids is 1. The summed E-state index contributed by atoms with van der Waals surface area (Å²) in [5.41, 5.74) is 2.48. The van der Waals surface area contributed by atoms with Gasteiger partial charge in [0.15, 0.2) is 0 Å². The van der Waals surface area contributed by atoms with Gasteiger partial charge in [0.25, 0.3) is 0 Å². The summed E-state index contributed by atoms with van der Waals surface area (Å²) in [6.45, 7) is 0.568. The maximum atomic E-state index is 12.1. The lowest BCUT2D eigenvalue weighted by Gasteiger charge is -2.07. The predicted molar refractivity (Wildman–Crippen MR) is 94.8 cm³/mol. The van der Waals surface area contributed by atoms with Crippen LogP contribution in [0.3, 0.4) is 0 Å². The van der Waals surface area contributed by atoms with E-state index < -0.39 is 0 Å². The Morgan fingerprint density at radius 1 is 1.09 bits per heavy atom. The summed E-state index contributed by atoms with van der Waals surface area (Å²) in [4.78, 5) is 12.1. The Labute approximate surface area is 139 Å².